The minimum absolute atomic E-state index is 0.0542. The fourth-order valence-electron chi connectivity index (χ4n) is 3.36. The first-order chi connectivity index (χ1) is 13.6. The van der Waals surface area contributed by atoms with Gasteiger partial charge in [0.25, 0.3) is 5.91 Å². The van der Waals surface area contributed by atoms with Gasteiger partial charge in [0.05, 0.1) is 0 Å². The van der Waals surface area contributed by atoms with E-state index in [4.69, 9.17) is 0 Å². The van der Waals surface area contributed by atoms with Crippen LogP contribution in [-0.2, 0) is 10.5 Å². The first-order valence-corrected chi connectivity index (χ1v) is 11.7. The van der Waals surface area contributed by atoms with Crippen LogP contribution >= 0.6 is 23.1 Å². The number of aryl methyl sites for hydroxylation is 1. The summed E-state index contributed by atoms with van der Waals surface area (Å²) in [5.74, 6) is 1.14. The molecule has 4 rings (SSSR count). The van der Waals surface area contributed by atoms with Gasteiger partial charge < -0.3 is 10.2 Å². The SMILES string of the molecule is Cc1csc(SCc2ccc(C(=O)N3CCC(C(=O)NC4CC4)CC3)cc2)n1. The topological polar surface area (TPSA) is 62.3 Å². The monoisotopic (exact) mass is 415 g/mol. The number of carbonyl (C=O) groups is 2. The van der Waals surface area contributed by atoms with Crippen molar-refractivity contribution in [2.45, 2.75) is 48.7 Å². The number of hydrogen-bond acceptors (Lipinski definition) is 5. The Kier molecular flexibility index (Phi) is 6.01. The van der Waals surface area contributed by atoms with Gasteiger partial charge in [-0.25, -0.2) is 4.98 Å². The van der Waals surface area contributed by atoms with Crippen molar-refractivity contribution in [1.82, 2.24) is 15.2 Å². The van der Waals surface area contributed by atoms with Crippen molar-refractivity contribution in [3.8, 4) is 0 Å². The molecule has 0 unspecified atom stereocenters. The second-order valence-electron chi connectivity index (χ2n) is 7.59. The zero-order valence-electron chi connectivity index (χ0n) is 16.0. The van der Waals surface area contributed by atoms with Gasteiger partial charge in [-0.15, -0.1) is 11.3 Å². The van der Waals surface area contributed by atoms with Gasteiger partial charge in [0.2, 0.25) is 5.91 Å². The van der Waals surface area contributed by atoms with Crippen LogP contribution in [0.15, 0.2) is 34.0 Å². The molecule has 0 spiro atoms. The predicted octanol–water partition coefficient (Wildman–Crippen LogP) is 3.87. The second-order valence-corrected chi connectivity index (χ2v) is 9.67. The number of hydrogen-bond donors (Lipinski definition) is 1. The molecule has 2 amide bonds. The van der Waals surface area contributed by atoms with Gasteiger partial charge in [0.15, 0.2) is 0 Å². The zero-order chi connectivity index (χ0) is 19.5. The molecular weight excluding hydrogens is 390 g/mol. The van der Waals surface area contributed by atoms with Crippen molar-refractivity contribution in [1.29, 1.82) is 0 Å². The number of likely N-dealkylation sites (tertiary alicyclic amines) is 1. The van der Waals surface area contributed by atoms with Gasteiger partial charge in [0, 0.05) is 47.4 Å². The van der Waals surface area contributed by atoms with Crippen LogP contribution in [0.5, 0.6) is 0 Å². The molecule has 2 heterocycles. The molecule has 1 saturated heterocycles. The molecule has 2 fully saturated rings. The number of nitrogens with zero attached hydrogens (tertiary/aromatic N) is 2. The first-order valence-electron chi connectivity index (χ1n) is 9.82. The van der Waals surface area contributed by atoms with Crippen LogP contribution in [0.2, 0.25) is 0 Å². The Labute approximate surface area is 173 Å². The molecule has 2 aromatic rings. The second kappa shape index (κ2) is 8.66. The van der Waals surface area contributed by atoms with E-state index >= 15 is 0 Å². The molecule has 0 radical (unpaired) electrons. The normalized spacial score (nSPS) is 17.5. The van der Waals surface area contributed by atoms with Crippen molar-refractivity contribution in [2.24, 2.45) is 5.92 Å². The molecule has 0 bridgehead atoms. The van der Waals surface area contributed by atoms with E-state index in [-0.39, 0.29) is 17.7 Å². The first kappa shape index (κ1) is 19.5. The number of benzene rings is 1. The molecule has 148 valence electrons. The molecule has 1 N–H and O–H groups in total. The summed E-state index contributed by atoms with van der Waals surface area (Å²) in [7, 11) is 0. The van der Waals surface area contributed by atoms with E-state index in [0.717, 1.165) is 47.0 Å². The molecule has 1 aliphatic heterocycles. The summed E-state index contributed by atoms with van der Waals surface area (Å²) in [4.78, 5) is 31.3. The Balaban J connectivity index is 1.27. The Morgan fingerprint density at radius 3 is 2.50 bits per heavy atom. The van der Waals surface area contributed by atoms with E-state index in [1.54, 1.807) is 23.1 Å². The molecule has 1 aliphatic carbocycles. The fraction of sp³-hybridized carbons (Fsp3) is 0.476. The minimum atomic E-state index is 0.0542. The lowest BCUT2D eigenvalue weighted by Gasteiger charge is -2.31. The van der Waals surface area contributed by atoms with E-state index < -0.39 is 0 Å². The van der Waals surface area contributed by atoms with E-state index in [9.17, 15) is 9.59 Å². The third-order valence-electron chi connectivity index (χ3n) is 5.24. The van der Waals surface area contributed by atoms with E-state index in [0.29, 0.717) is 19.1 Å². The third kappa shape index (κ3) is 4.94. The Morgan fingerprint density at radius 1 is 1.18 bits per heavy atom. The highest BCUT2D eigenvalue weighted by molar-refractivity contribution is 8.00. The van der Waals surface area contributed by atoms with Gasteiger partial charge in [-0.05, 0) is 50.3 Å². The van der Waals surface area contributed by atoms with Gasteiger partial charge in [-0.1, -0.05) is 23.9 Å². The molecule has 1 aromatic carbocycles. The summed E-state index contributed by atoms with van der Waals surface area (Å²) in [5.41, 5.74) is 2.96. The predicted molar refractivity (Wildman–Crippen MR) is 113 cm³/mol. The number of amides is 2. The molecule has 2 aliphatic rings. The molecule has 28 heavy (non-hydrogen) atoms. The Hall–Kier alpha value is -1.86. The molecule has 1 aromatic heterocycles. The smallest absolute Gasteiger partial charge is 0.253 e. The van der Waals surface area contributed by atoms with Crippen molar-refractivity contribution in [2.75, 3.05) is 13.1 Å². The average Bonchev–Trinajstić information content (AvgIpc) is 3.44. The lowest BCUT2D eigenvalue weighted by atomic mass is 9.95. The Morgan fingerprint density at radius 2 is 1.89 bits per heavy atom. The van der Waals surface area contributed by atoms with Crippen LogP contribution in [0.3, 0.4) is 0 Å². The van der Waals surface area contributed by atoms with E-state index in [1.807, 2.05) is 36.1 Å². The quantitative estimate of drug-likeness (QED) is 0.728. The maximum Gasteiger partial charge on any atom is 0.253 e. The highest BCUT2D eigenvalue weighted by Gasteiger charge is 2.31. The lowest BCUT2D eigenvalue weighted by Crippen LogP contribution is -2.43. The van der Waals surface area contributed by atoms with E-state index in [2.05, 4.69) is 15.7 Å². The summed E-state index contributed by atoms with van der Waals surface area (Å²) < 4.78 is 1.08. The number of thiazole rings is 1. The summed E-state index contributed by atoms with van der Waals surface area (Å²) in [5, 5.41) is 5.14. The number of thioether (sulfide) groups is 1. The van der Waals surface area contributed by atoms with Crippen LogP contribution in [0, 0.1) is 12.8 Å². The van der Waals surface area contributed by atoms with Gasteiger partial charge in [-0.3, -0.25) is 9.59 Å². The third-order valence-corrected chi connectivity index (χ3v) is 7.45. The average molecular weight is 416 g/mol. The number of nitrogens with one attached hydrogen (secondary N) is 1. The summed E-state index contributed by atoms with van der Waals surface area (Å²) in [6.07, 6.45) is 3.74. The number of carbonyl (C=O) groups excluding carboxylic acids is 2. The summed E-state index contributed by atoms with van der Waals surface area (Å²) >= 11 is 3.39. The van der Waals surface area contributed by atoms with Crippen LogP contribution in [0.4, 0.5) is 0 Å². The summed E-state index contributed by atoms with van der Waals surface area (Å²) in [6, 6.07) is 8.28. The highest BCUT2D eigenvalue weighted by atomic mass is 32.2. The van der Waals surface area contributed by atoms with Gasteiger partial charge in [0.1, 0.15) is 4.34 Å². The van der Waals surface area contributed by atoms with Crippen LogP contribution in [0.25, 0.3) is 0 Å². The molecule has 7 heteroatoms. The van der Waals surface area contributed by atoms with Crippen molar-refractivity contribution in [3.05, 3.63) is 46.5 Å². The largest absolute Gasteiger partial charge is 0.353 e. The number of piperidine rings is 1. The van der Waals surface area contributed by atoms with Crippen molar-refractivity contribution in [3.63, 3.8) is 0 Å². The maximum atomic E-state index is 12.8. The summed E-state index contributed by atoms with van der Waals surface area (Å²) in [6.45, 7) is 3.31. The van der Waals surface area contributed by atoms with Crippen molar-refractivity contribution < 1.29 is 9.59 Å². The molecule has 5 nitrogen and oxygen atoms in total. The van der Waals surface area contributed by atoms with Crippen molar-refractivity contribution >= 4 is 34.9 Å². The van der Waals surface area contributed by atoms with Gasteiger partial charge in [-0.2, -0.15) is 0 Å². The zero-order valence-corrected chi connectivity index (χ0v) is 17.7. The highest BCUT2D eigenvalue weighted by Crippen LogP contribution is 2.27. The molecule has 0 atom stereocenters. The van der Waals surface area contributed by atoms with Gasteiger partial charge >= 0.3 is 0 Å². The van der Waals surface area contributed by atoms with Crippen LogP contribution < -0.4 is 5.32 Å². The van der Waals surface area contributed by atoms with Crippen LogP contribution in [-0.4, -0.2) is 40.8 Å². The van der Waals surface area contributed by atoms with Crippen LogP contribution in [0.1, 0.15) is 47.3 Å². The maximum absolute atomic E-state index is 12.8. The van der Waals surface area contributed by atoms with E-state index in [1.165, 1.54) is 5.56 Å². The molecular formula is C21H25N3O2S2. The fourth-order valence-corrected chi connectivity index (χ4v) is 5.17. The number of aromatic nitrogens is 1. The Bertz CT molecular complexity index is 838. The standard InChI is InChI=1S/C21H25N3O2S2/c1-14-12-27-21(22-14)28-13-15-2-4-17(5-3-15)20(26)24-10-8-16(9-11-24)19(25)23-18-6-7-18/h2-5,12,16,18H,6-11,13H2,1H3,(H,23,25). The number of rotatable bonds is 6. The lowest BCUT2D eigenvalue weighted by molar-refractivity contribution is -0.126. The minimum Gasteiger partial charge on any atom is -0.353 e. The molecule has 1 saturated carbocycles.